The number of nitrogens with zero attached hydrogens (tertiary/aromatic N) is 3. The zero-order chi connectivity index (χ0) is 21.1. The second-order valence-electron chi connectivity index (χ2n) is 6.56. The number of fused-ring (bicyclic) bond motifs is 1. The van der Waals surface area contributed by atoms with Crippen molar-refractivity contribution in [2.45, 2.75) is 6.54 Å². The summed E-state index contributed by atoms with van der Waals surface area (Å²) < 4.78 is 2.87. The van der Waals surface area contributed by atoms with Crippen molar-refractivity contribution < 1.29 is 4.79 Å². The van der Waals surface area contributed by atoms with Crippen molar-refractivity contribution in [3.8, 4) is 0 Å². The van der Waals surface area contributed by atoms with Crippen molar-refractivity contribution in [1.29, 1.82) is 0 Å². The van der Waals surface area contributed by atoms with Gasteiger partial charge in [0.25, 0.3) is 0 Å². The molecule has 0 radical (unpaired) electrons. The number of hydrogen-bond acceptors (Lipinski definition) is 3. The number of nitrogens with one attached hydrogen (secondary N) is 1. The molecule has 2 aromatic heterocycles. The molecule has 0 atom stereocenters. The monoisotopic (exact) mass is 438 g/mol. The van der Waals surface area contributed by atoms with E-state index in [1.165, 1.54) is 15.2 Å². The minimum absolute atomic E-state index is 0.221. The van der Waals surface area contributed by atoms with Gasteiger partial charge in [0.05, 0.1) is 6.54 Å². The largest absolute Gasteiger partial charge is 0.350 e. The van der Waals surface area contributed by atoms with E-state index in [-0.39, 0.29) is 18.1 Å². The first-order chi connectivity index (χ1) is 14.5. The van der Waals surface area contributed by atoms with Crippen LogP contribution in [0, 0.1) is 0 Å². The summed E-state index contributed by atoms with van der Waals surface area (Å²) in [5, 5.41) is 8.16. The lowest BCUT2D eigenvalue weighted by atomic mass is 10.2. The predicted octanol–water partition coefficient (Wildman–Crippen LogP) is 4.50. The molecule has 4 aromatic rings. The molecule has 0 bridgehead atoms. The molecule has 0 aliphatic carbocycles. The van der Waals surface area contributed by atoms with Gasteiger partial charge in [-0.3, -0.25) is 9.20 Å². The summed E-state index contributed by atoms with van der Waals surface area (Å²) in [6.45, 7) is 0.290. The fourth-order valence-corrected chi connectivity index (χ4v) is 3.34. The summed E-state index contributed by atoms with van der Waals surface area (Å²) in [7, 11) is 0. The van der Waals surface area contributed by atoms with Gasteiger partial charge in [0.2, 0.25) is 5.91 Å². The standard InChI is InChI=1S/C22H16Cl2N4O2/c23-17-8-9-19(24)16(13-17)7-10-21(29)25-18-5-3-4-15(12-18)14-28-22(30)27-11-2-1-6-20(27)26-28/h1-13H,14H2,(H,25,29). The van der Waals surface area contributed by atoms with Gasteiger partial charge in [-0.05, 0) is 59.7 Å². The van der Waals surface area contributed by atoms with Crippen LogP contribution in [0.5, 0.6) is 0 Å². The molecule has 0 saturated carbocycles. The van der Waals surface area contributed by atoms with E-state index in [0.29, 0.717) is 26.9 Å². The third-order valence-corrected chi connectivity index (χ3v) is 4.97. The zero-order valence-electron chi connectivity index (χ0n) is 15.6. The van der Waals surface area contributed by atoms with E-state index in [4.69, 9.17) is 23.2 Å². The molecule has 2 heterocycles. The summed E-state index contributed by atoms with van der Waals surface area (Å²) in [5.41, 5.74) is 2.45. The van der Waals surface area contributed by atoms with Gasteiger partial charge in [-0.1, -0.05) is 41.4 Å². The van der Waals surface area contributed by atoms with Crippen LogP contribution >= 0.6 is 23.2 Å². The molecule has 4 rings (SSSR count). The van der Waals surface area contributed by atoms with Crippen LogP contribution in [0.2, 0.25) is 10.0 Å². The first-order valence-corrected chi connectivity index (χ1v) is 9.82. The van der Waals surface area contributed by atoms with E-state index in [9.17, 15) is 9.59 Å². The number of carbonyl (C=O) groups is 1. The number of hydrogen-bond donors (Lipinski definition) is 1. The number of amides is 1. The molecule has 1 amide bonds. The zero-order valence-corrected chi connectivity index (χ0v) is 17.1. The highest BCUT2D eigenvalue weighted by Crippen LogP contribution is 2.22. The highest BCUT2D eigenvalue weighted by atomic mass is 35.5. The number of pyridine rings is 1. The van der Waals surface area contributed by atoms with Crippen LogP contribution in [0.25, 0.3) is 11.7 Å². The third-order valence-electron chi connectivity index (χ3n) is 4.39. The summed E-state index contributed by atoms with van der Waals surface area (Å²) in [6.07, 6.45) is 4.66. The molecule has 0 aliphatic rings. The highest BCUT2D eigenvalue weighted by Gasteiger charge is 2.07. The Kier molecular flexibility index (Phi) is 5.70. The van der Waals surface area contributed by atoms with Crippen molar-refractivity contribution in [2.24, 2.45) is 0 Å². The molecule has 150 valence electrons. The van der Waals surface area contributed by atoms with Gasteiger partial charge in [0.15, 0.2) is 5.65 Å². The molecule has 0 fully saturated rings. The summed E-state index contributed by atoms with van der Waals surface area (Å²) in [6, 6.07) is 17.7. The Morgan fingerprint density at radius 3 is 2.77 bits per heavy atom. The van der Waals surface area contributed by atoms with Crippen molar-refractivity contribution >= 4 is 46.5 Å². The number of anilines is 1. The highest BCUT2D eigenvalue weighted by molar-refractivity contribution is 6.34. The fraction of sp³-hybridized carbons (Fsp3) is 0.0455. The van der Waals surface area contributed by atoms with E-state index >= 15 is 0 Å². The van der Waals surface area contributed by atoms with Crippen LogP contribution in [0.3, 0.4) is 0 Å². The first-order valence-electron chi connectivity index (χ1n) is 9.07. The maximum atomic E-state index is 12.4. The molecule has 8 heteroatoms. The van der Waals surface area contributed by atoms with Gasteiger partial charge in [-0.15, -0.1) is 5.10 Å². The Hall–Kier alpha value is -3.35. The van der Waals surface area contributed by atoms with E-state index < -0.39 is 0 Å². The van der Waals surface area contributed by atoms with Gasteiger partial charge < -0.3 is 5.32 Å². The summed E-state index contributed by atoms with van der Waals surface area (Å²) >= 11 is 12.1. The minimum atomic E-state index is -0.312. The van der Waals surface area contributed by atoms with Crippen LogP contribution in [0.15, 0.2) is 77.7 Å². The number of aromatic nitrogens is 3. The topological polar surface area (TPSA) is 68.4 Å². The molecular formula is C22H16Cl2N4O2. The van der Waals surface area contributed by atoms with E-state index in [2.05, 4.69) is 10.4 Å². The lowest BCUT2D eigenvalue weighted by Crippen LogP contribution is -2.21. The Morgan fingerprint density at radius 2 is 1.93 bits per heavy atom. The average molecular weight is 439 g/mol. The second kappa shape index (κ2) is 8.57. The molecule has 6 nitrogen and oxygen atoms in total. The molecule has 0 unspecified atom stereocenters. The normalized spacial score (nSPS) is 11.3. The Morgan fingerprint density at radius 1 is 1.07 bits per heavy atom. The second-order valence-corrected chi connectivity index (χ2v) is 7.40. The number of halogens is 2. The van der Waals surface area contributed by atoms with Crippen molar-refractivity contribution in [3.63, 3.8) is 0 Å². The molecule has 0 spiro atoms. The van der Waals surface area contributed by atoms with E-state index in [1.807, 2.05) is 18.2 Å². The number of rotatable bonds is 5. The van der Waals surface area contributed by atoms with Crippen molar-refractivity contribution in [2.75, 3.05) is 5.32 Å². The van der Waals surface area contributed by atoms with Gasteiger partial charge in [0.1, 0.15) is 0 Å². The summed E-state index contributed by atoms with van der Waals surface area (Å²) in [4.78, 5) is 24.7. The molecule has 2 aromatic carbocycles. The summed E-state index contributed by atoms with van der Waals surface area (Å²) in [5.74, 6) is -0.312. The minimum Gasteiger partial charge on any atom is -0.323 e. The van der Waals surface area contributed by atoms with Gasteiger partial charge in [0, 0.05) is 28.0 Å². The lowest BCUT2D eigenvalue weighted by Gasteiger charge is -2.06. The Bertz CT molecular complexity index is 1320. The molecule has 30 heavy (non-hydrogen) atoms. The first kappa shape index (κ1) is 19.9. The maximum Gasteiger partial charge on any atom is 0.350 e. The SMILES string of the molecule is O=C(C=Cc1cc(Cl)ccc1Cl)Nc1cccc(Cn2nc3ccccn3c2=O)c1. The van der Waals surface area contributed by atoms with Crippen molar-refractivity contribution in [1.82, 2.24) is 14.2 Å². The van der Waals surface area contributed by atoms with Gasteiger partial charge in [-0.2, -0.15) is 0 Å². The molecule has 1 N–H and O–H groups in total. The quantitative estimate of drug-likeness (QED) is 0.466. The molecule has 0 saturated heterocycles. The van der Waals surface area contributed by atoms with Gasteiger partial charge in [-0.25, -0.2) is 9.48 Å². The van der Waals surface area contributed by atoms with Crippen LogP contribution in [-0.4, -0.2) is 20.1 Å². The molecular weight excluding hydrogens is 423 g/mol. The van der Waals surface area contributed by atoms with E-state index in [0.717, 1.165) is 5.56 Å². The Balaban J connectivity index is 1.48. The smallest absolute Gasteiger partial charge is 0.323 e. The van der Waals surface area contributed by atoms with Crippen LogP contribution in [-0.2, 0) is 11.3 Å². The van der Waals surface area contributed by atoms with Crippen LogP contribution in [0.1, 0.15) is 11.1 Å². The Labute approximate surface area is 182 Å². The van der Waals surface area contributed by atoms with Gasteiger partial charge >= 0.3 is 5.69 Å². The lowest BCUT2D eigenvalue weighted by molar-refractivity contribution is -0.111. The fourth-order valence-electron chi connectivity index (χ4n) is 2.98. The average Bonchev–Trinajstić information content (AvgIpc) is 3.04. The third kappa shape index (κ3) is 4.45. The molecule has 0 aliphatic heterocycles. The van der Waals surface area contributed by atoms with Crippen LogP contribution < -0.4 is 11.0 Å². The predicted molar refractivity (Wildman–Crippen MR) is 119 cm³/mol. The number of carbonyl (C=O) groups excluding carboxylic acids is 1. The van der Waals surface area contributed by atoms with E-state index in [1.54, 1.807) is 54.7 Å². The maximum absolute atomic E-state index is 12.4. The van der Waals surface area contributed by atoms with Crippen molar-refractivity contribution in [3.05, 3.63) is 105 Å². The van der Waals surface area contributed by atoms with Crippen LogP contribution in [0.4, 0.5) is 5.69 Å². The number of benzene rings is 2.